The van der Waals surface area contributed by atoms with E-state index in [0.29, 0.717) is 30.1 Å². The Kier molecular flexibility index (Phi) is 6.99. The molecule has 1 saturated carbocycles. The van der Waals surface area contributed by atoms with E-state index in [4.69, 9.17) is 10.5 Å². The Hall–Kier alpha value is -2.68. The molecule has 0 bridgehead atoms. The molecule has 0 radical (unpaired) electrons. The molecule has 1 aromatic carbocycles. The van der Waals surface area contributed by atoms with Crippen LogP contribution in [0.25, 0.3) is 10.9 Å². The van der Waals surface area contributed by atoms with E-state index in [1.807, 2.05) is 24.4 Å². The van der Waals surface area contributed by atoms with Gasteiger partial charge in [-0.15, -0.1) is 11.8 Å². The van der Waals surface area contributed by atoms with Crippen molar-refractivity contribution >= 4 is 34.4 Å². The molecular weight excluding hydrogens is 446 g/mol. The first kappa shape index (κ1) is 23.1. The van der Waals surface area contributed by atoms with Crippen molar-refractivity contribution in [3.8, 4) is 5.75 Å². The smallest absolute Gasteiger partial charge is 0.235 e. The third kappa shape index (κ3) is 5.19. The first-order valence-electron chi connectivity index (χ1n) is 11.9. The van der Waals surface area contributed by atoms with Crippen LogP contribution in [0.1, 0.15) is 36.9 Å². The average Bonchev–Trinajstić information content (AvgIpc) is 2.87. The number of carbonyl (C=O) groups excluding carboxylic acids is 1. The second-order valence-corrected chi connectivity index (χ2v) is 10.2. The number of ether oxygens (including phenoxy) is 1. The van der Waals surface area contributed by atoms with Gasteiger partial charge in [-0.25, -0.2) is 4.98 Å². The number of thioether (sulfide) groups is 1. The van der Waals surface area contributed by atoms with Crippen molar-refractivity contribution in [1.82, 2.24) is 15.3 Å². The first-order chi connectivity index (χ1) is 16.6. The summed E-state index contributed by atoms with van der Waals surface area (Å²) in [5.74, 6) is 2.53. The van der Waals surface area contributed by atoms with E-state index in [9.17, 15) is 4.79 Å². The van der Waals surface area contributed by atoms with E-state index in [-0.39, 0.29) is 11.9 Å². The zero-order chi connectivity index (χ0) is 23.5. The molecule has 5 rings (SSSR count). The van der Waals surface area contributed by atoms with Gasteiger partial charge in [0.15, 0.2) is 0 Å². The Morgan fingerprint density at radius 2 is 2.06 bits per heavy atom. The van der Waals surface area contributed by atoms with Crippen LogP contribution in [-0.2, 0) is 17.8 Å². The van der Waals surface area contributed by atoms with Crippen LogP contribution in [0.3, 0.4) is 0 Å². The fraction of sp³-hybridized carbons (Fsp3) is 0.423. The lowest BCUT2D eigenvalue weighted by Gasteiger charge is -2.33. The monoisotopic (exact) mass is 477 g/mol. The summed E-state index contributed by atoms with van der Waals surface area (Å²) >= 11 is 1.54. The molecule has 7 nitrogen and oxygen atoms in total. The number of benzene rings is 1. The fourth-order valence-electron chi connectivity index (χ4n) is 5.01. The SMILES string of the molecule is COc1ccc2nccc(C[C@@H](N)[C@H]3CC[C@H](NCc4ccc5c(n4)NC(=O)CS5)CC3)c2c1. The number of fused-ring (bicyclic) bond motifs is 2. The third-order valence-electron chi connectivity index (χ3n) is 6.98. The lowest BCUT2D eigenvalue weighted by atomic mass is 9.79. The summed E-state index contributed by atoms with van der Waals surface area (Å²) in [5.41, 5.74) is 9.88. The highest BCUT2D eigenvalue weighted by molar-refractivity contribution is 8.00. The molecule has 3 aromatic rings. The summed E-state index contributed by atoms with van der Waals surface area (Å²) < 4.78 is 5.41. The van der Waals surface area contributed by atoms with Crippen molar-refractivity contribution in [3.05, 3.63) is 53.9 Å². The highest BCUT2D eigenvalue weighted by atomic mass is 32.2. The van der Waals surface area contributed by atoms with Crippen LogP contribution in [0, 0.1) is 5.92 Å². The number of nitrogens with zero attached hydrogens (tertiary/aromatic N) is 2. The number of hydrogen-bond donors (Lipinski definition) is 3. The van der Waals surface area contributed by atoms with Gasteiger partial charge < -0.3 is 21.1 Å². The fourth-order valence-corrected chi connectivity index (χ4v) is 5.77. The highest BCUT2D eigenvalue weighted by Gasteiger charge is 2.26. The van der Waals surface area contributed by atoms with Gasteiger partial charge in [0.2, 0.25) is 5.91 Å². The van der Waals surface area contributed by atoms with Gasteiger partial charge in [0.05, 0.1) is 29.0 Å². The van der Waals surface area contributed by atoms with Gasteiger partial charge in [-0.1, -0.05) is 0 Å². The predicted octanol–water partition coefficient (Wildman–Crippen LogP) is 3.90. The zero-order valence-electron chi connectivity index (χ0n) is 19.4. The van der Waals surface area contributed by atoms with Gasteiger partial charge in [0, 0.05) is 30.2 Å². The zero-order valence-corrected chi connectivity index (χ0v) is 20.2. The number of carbonyl (C=O) groups is 1. The second kappa shape index (κ2) is 10.3. The van der Waals surface area contributed by atoms with Crippen molar-refractivity contribution in [2.24, 2.45) is 11.7 Å². The Labute approximate surface area is 204 Å². The summed E-state index contributed by atoms with van der Waals surface area (Å²) in [7, 11) is 1.69. The van der Waals surface area contributed by atoms with E-state index in [0.717, 1.165) is 59.3 Å². The maximum Gasteiger partial charge on any atom is 0.235 e. The number of nitrogens with two attached hydrogens (primary N) is 1. The number of nitrogens with one attached hydrogen (secondary N) is 2. The minimum atomic E-state index is 0.0173. The van der Waals surface area contributed by atoms with E-state index >= 15 is 0 Å². The number of amides is 1. The maximum absolute atomic E-state index is 11.6. The van der Waals surface area contributed by atoms with Crippen LogP contribution >= 0.6 is 11.8 Å². The van der Waals surface area contributed by atoms with Gasteiger partial charge in [-0.05, 0) is 80.0 Å². The van der Waals surface area contributed by atoms with Crippen LogP contribution in [0.15, 0.2) is 47.5 Å². The first-order valence-corrected chi connectivity index (χ1v) is 12.9. The molecule has 1 atom stereocenters. The van der Waals surface area contributed by atoms with Gasteiger partial charge in [-0.3, -0.25) is 9.78 Å². The van der Waals surface area contributed by atoms with Crippen LogP contribution in [0.5, 0.6) is 5.75 Å². The standard InChI is InChI=1S/C26H31N5O2S/c1-33-20-7-8-23-21(13-20)17(10-11-28-23)12-22(27)16-2-4-18(5-3-16)29-14-19-6-9-24-26(30-19)31-25(32)15-34-24/h6-11,13,16,18,22,29H,2-5,12,14-15,27H2,1H3,(H,30,31,32)/t16-,18-,22-/m1/s1. The van der Waals surface area contributed by atoms with Crippen LogP contribution in [0.2, 0.25) is 0 Å². The van der Waals surface area contributed by atoms with E-state index in [2.05, 4.69) is 38.8 Å². The molecule has 1 aliphatic heterocycles. The Morgan fingerprint density at radius 3 is 2.88 bits per heavy atom. The number of anilines is 1. The molecule has 8 heteroatoms. The molecule has 0 spiro atoms. The number of aromatic nitrogens is 2. The van der Waals surface area contributed by atoms with Crippen molar-refractivity contribution < 1.29 is 9.53 Å². The number of hydrogen-bond acceptors (Lipinski definition) is 7. The van der Waals surface area contributed by atoms with Crippen LogP contribution < -0.4 is 21.1 Å². The highest BCUT2D eigenvalue weighted by Crippen LogP contribution is 2.31. The Morgan fingerprint density at radius 1 is 1.21 bits per heavy atom. The predicted molar refractivity (Wildman–Crippen MR) is 136 cm³/mol. The number of pyridine rings is 2. The lowest BCUT2D eigenvalue weighted by Crippen LogP contribution is -2.39. The summed E-state index contributed by atoms with van der Waals surface area (Å²) in [6.45, 7) is 0.708. The third-order valence-corrected chi connectivity index (χ3v) is 8.02. The average molecular weight is 478 g/mol. The van der Waals surface area contributed by atoms with Crippen molar-refractivity contribution in [2.45, 2.75) is 55.6 Å². The van der Waals surface area contributed by atoms with E-state index < -0.39 is 0 Å². The second-order valence-electron chi connectivity index (χ2n) is 9.20. The topological polar surface area (TPSA) is 102 Å². The molecule has 4 N–H and O–H groups in total. The Balaban J connectivity index is 1.14. The normalized spacial score (nSPS) is 21.1. The van der Waals surface area contributed by atoms with Gasteiger partial charge in [0.25, 0.3) is 0 Å². The molecule has 0 unspecified atom stereocenters. The van der Waals surface area contributed by atoms with Crippen LogP contribution in [0.4, 0.5) is 5.82 Å². The quantitative estimate of drug-likeness (QED) is 0.474. The minimum absolute atomic E-state index is 0.0173. The Bertz CT molecular complexity index is 1180. The molecule has 1 aliphatic carbocycles. The van der Waals surface area contributed by atoms with Crippen molar-refractivity contribution in [1.29, 1.82) is 0 Å². The molecule has 1 amide bonds. The van der Waals surface area contributed by atoms with Gasteiger partial charge >= 0.3 is 0 Å². The molecule has 34 heavy (non-hydrogen) atoms. The van der Waals surface area contributed by atoms with Gasteiger partial charge in [0.1, 0.15) is 11.6 Å². The van der Waals surface area contributed by atoms with Crippen LogP contribution in [-0.4, -0.2) is 40.8 Å². The molecular formula is C26H31N5O2S. The molecule has 3 heterocycles. The van der Waals surface area contributed by atoms with E-state index in [1.165, 1.54) is 5.56 Å². The molecule has 2 aliphatic rings. The van der Waals surface area contributed by atoms with Gasteiger partial charge in [-0.2, -0.15) is 0 Å². The summed E-state index contributed by atoms with van der Waals surface area (Å²) in [4.78, 5) is 21.8. The number of rotatable bonds is 7. The maximum atomic E-state index is 11.6. The summed E-state index contributed by atoms with van der Waals surface area (Å²) in [6.07, 6.45) is 7.18. The van der Waals surface area contributed by atoms with E-state index in [1.54, 1.807) is 18.9 Å². The molecule has 0 saturated heterocycles. The molecule has 2 aromatic heterocycles. The van der Waals surface area contributed by atoms with Crippen molar-refractivity contribution in [3.63, 3.8) is 0 Å². The lowest BCUT2D eigenvalue weighted by molar-refractivity contribution is -0.113. The largest absolute Gasteiger partial charge is 0.497 e. The summed E-state index contributed by atoms with van der Waals surface area (Å²) in [5, 5.41) is 7.65. The molecule has 1 fully saturated rings. The number of methoxy groups -OCH3 is 1. The van der Waals surface area contributed by atoms with Crippen molar-refractivity contribution in [2.75, 3.05) is 18.2 Å². The minimum Gasteiger partial charge on any atom is -0.497 e. The summed E-state index contributed by atoms with van der Waals surface area (Å²) in [6, 6.07) is 12.8. The molecule has 178 valence electrons.